The molecule has 112 valence electrons. The lowest BCUT2D eigenvalue weighted by Crippen LogP contribution is -2.38. The summed E-state index contributed by atoms with van der Waals surface area (Å²) in [6, 6.07) is 4.20. The van der Waals surface area contributed by atoms with Crippen LogP contribution < -0.4 is 16.0 Å². The second-order valence-electron chi connectivity index (χ2n) is 4.41. The van der Waals surface area contributed by atoms with Crippen LogP contribution in [0.4, 0.5) is 0 Å². The molecular formula is C14H24N4OS. The van der Waals surface area contributed by atoms with Crippen LogP contribution in [0.5, 0.6) is 0 Å². The predicted molar refractivity (Wildman–Crippen MR) is 85.2 cm³/mol. The first kappa shape index (κ1) is 16.5. The largest absolute Gasteiger partial charge is 0.357 e. The topological polar surface area (TPSA) is 65.5 Å². The van der Waals surface area contributed by atoms with Gasteiger partial charge in [-0.1, -0.05) is 6.92 Å². The summed E-state index contributed by atoms with van der Waals surface area (Å²) < 4.78 is 0. The van der Waals surface area contributed by atoms with E-state index in [9.17, 15) is 4.79 Å². The zero-order chi connectivity index (χ0) is 14.8. The maximum atomic E-state index is 11.5. The van der Waals surface area contributed by atoms with E-state index in [1.165, 1.54) is 9.75 Å². The van der Waals surface area contributed by atoms with E-state index in [0.29, 0.717) is 12.5 Å². The van der Waals surface area contributed by atoms with Gasteiger partial charge < -0.3 is 16.0 Å². The maximum Gasteiger partial charge on any atom is 0.241 e. The van der Waals surface area contributed by atoms with Gasteiger partial charge in [-0.3, -0.25) is 4.79 Å². The van der Waals surface area contributed by atoms with Crippen LogP contribution in [-0.4, -0.2) is 31.5 Å². The van der Waals surface area contributed by atoms with Crippen LogP contribution in [0.1, 0.15) is 30.0 Å². The minimum Gasteiger partial charge on any atom is -0.357 e. The third kappa shape index (κ3) is 6.56. The van der Waals surface area contributed by atoms with E-state index in [-0.39, 0.29) is 12.5 Å². The Kier molecular flexibility index (Phi) is 7.72. The number of aliphatic imine (C=N–C) groups is 1. The monoisotopic (exact) mass is 296 g/mol. The third-order valence-corrected chi connectivity index (χ3v) is 3.52. The molecule has 1 aromatic heterocycles. The van der Waals surface area contributed by atoms with Crippen molar-refractivity contribution in [1.82, 2.24) is 16.0 Å². The van der Waals surface area contributed by atoms with Crippen molar-refractivity contribution >= 4 is 23.2 Å². The highest BCUT2D eigenvalue weighted by Gasteiger charge is 2.02. The van der Waals surface area contributed by atoms with Crippen LogP contribution in [0.25, 0.3) is 0 Å². The number of carbonyl (C=O) groups excluding carboxylic acids is 1. The molecule has 0 radical (unpaired) electrons. The van der Waals surface area contributed by atoms with Crippen molar-refractivity contribution in [3.8, 4) is 0 Å². The number of aryl methyl sites for hydroxylation is 1. The first-order valence-corrected chi connectivity index (χ1v) is 7.81. The van der Waals surface area contributed by atoms with Crippen molar-refractivity contribution < 1.29 is 4.79 Å². The Bertz CT molecular complexity index is 442. The van der Waals surface area contributed by atoms with Gasteiger partial charge >= 0.3 is 0 Å². The lowest BCUT2D eigenvalue weighted by Gasteiger charge is -2.10. The van der Waals surface area contributed by atoms with E-state index < -0.39 is 0 Å². The molecule has 0 aliphatic heterocycles. The lowest BCUT2D eigenvalue weighted by atomic mass is 10.4. The standard InChI is InChI=1S/C14H24N4OS/c1-4-8-16-13(19)10-18-14(15-5-2)17-9-12-7-6-11(3)20-12/h6-7H,4-5,8-10H2,1-3H3,(H,16,19)(H2,15,17,18). The summed E-state index contributed by atoms with van der Waals surface area (Å²) in [4.78, 5) is 18.3. The number of amides is 1. The summed E-state index contributed by atoms with van der Waals surface area (Å²) in [6.45, 7) is 8.46. The van der Waals surface area contributed by atoms with E-state index in [1.807, 2.05) is 13.8 Å². The normalized spacial score (nSPS) is 11.2. The fourth-order valence-corrected chi connectivity index (χ4v) is 2.39. The smallest absolute Gasteiger partial charge is 0.241 e. The number of nitrogens with zero attached hydrogens (tertiary/aromatic N) is 1. The predicted octanol–water partition coefficient (Wildman–Crippen LogP) is 1.64. The molecule has 0 unspecified atom stereocenters. The number of hydrogen-bond donors (Lipinski definition) is 3. The summed E-state index contributed by atoms with van der Waals surface area (Å²) in [5.41, 5.74) is 0. The Morgan fingerprint density at radius 2 is 2.05 bits per heavy atom. The number of guanidine groups is 1. The van der Waals surface area contributed by atoms with Crippen LogP contribution in [0.2, 0.25) is 0 Å². The van der Waals surface area contributed by atoms with Gasteiger partial charge in [0, 0.05) is 22.8 Å². The summed E-state index contributed by atoms with van der Waals surface area (Å²) in [5.74, 6) is 0.626. The first-order valence-electron chi connectivity index (χ1n) is 6.99. The van der Waals surface area contributed by atoms with Crippen LogP contribution >= 0.6 is 11.3 Å². The Morgan fingerprint density at radius 1 is 1.25 bits per heavy atom. The summed E-state index contributed by atoms with van der Waals surface area (Å²) >= 11 is 1.76. The number of carbonyl (C=O) groups is 1. The van der Waals surface area contributed by atoms with Crippen molar-refractivity contribution in [2.24, 2.45) is 4.99 Å². The molecule has 6 heteroatoms. The van der Waals surface area contributed by atoms with E-state index in [2.05, 4.69) is 40.0 Å². The second kappa shape index (κ2) is 9.36. The molecule has 1 rings (SSSR count). The highest BCUT2D eigenvalue weighted by Crippen LogP contribution is 2.14. The minimum atomic E-state index is -0.0454. The Morgan fingerprint density at radius 3 is 2.65 bits per heavy atom. The van der Waals surface area contributed by atoms with Gasteiger partial charge in [-0.05, 0) is 32.4 Å². The highest BCUT2D eigenvalue weighted by molar-refractivity contribution is 7.11. The number of nitrogens with one attached hydrogen (secondary N) is 3. The molecule has 1 aromatic rings. The zero-order valence-corrected chi connectivity index (χ0v) is 13.3. The van der Waals surface area contributed by atoms with Crippen LogP contribution in [0, 0.1) is 6.92 Å². The van der Waals surface area contributed by atoms with E-state index in [4.69, 9.17) is 0 Å². The molecule has 0 aliphatic rings. The fraction of sp³-hybridized carbons (Fsp3) is 0.571. The molecule has 0 saturated carbocycles. The molecule has 0 aliphatic carbocycles. The number of thiophene rings is 1. The van der Waals surface area contributed by atoms with E-state index in [1.54, 1.807) is 11.3 Å². The average molecular weight is 296 g/mol. The van der Waals surface area contributed by atoms with Gasteiger partial charge in [-0.2, -0.15) is 0 Å². The average Bonchev–Trinajstić information content (AvgIpc) is 2.85. The molecular weight excluding hydrogens is 272 g/mol. The Labute approximate surface area is 124 Å². The van der Waals surface area contributed by atoms with Gasteiger partial charge in [-0.25, -0.2) is 4.99 Å². The van der Waals surface area contributed by atoms with Gasteiger partial charge in [0.1, 0.15) is 6.54 Å². The lowest BCUT2D eigenvalue weighted by molar-refractivity contribution is -0.119. The molecule has 1 amide bonds. The van der Waals surface area contributed by atoms with Crippen LogP contribution in [0.3, 0.4) is 0 Å². The zero-order valence-electron chi connectivity index (χ0n) is 12.5. The van der Waals surface area contributed by atoms with Gasteiger partial charge in [0.25, 0.3) is 0 Å². The van der Waals surface area contributed by atoms with Crippen molar-refractivity contribution in [1.29, 1.82) is 0 Å². The Hall–Kier alpha value is -1.56. The van der Waals surface area contributed by atoms with E-state index in [0.717, 1.165) is 19.5 Å². The molecule has 20 heavy (non-hydrogen) atoms. The number of hydrogen-bond acceptors (Lipinski definition) is 3. The summed E-state index contributed by atoms with van der Waals surface area (Å²) in [5, 5.41) is 9.17. The summed E-state index contributed by atoms with van der Waals surface area (Å²) in [7, 11) is 0. The molecule has 0 aromatic carbocycles. The molecule has 5 nitrogen and oxygen atoms in total. The van der Waals surface area contributed by atoms with Crippen molar-refractivity contribution in [3.05, 3.63) is 21.9 Å². The van der Waals surface area contributed by atoms with Gasteiger partial charge in [0.05, 0.1) is 6.54 Å². The molecule has 0 atom stereocenters. The molecule has 0 spiro atoms. The van der Waals surface area contributed by atoms with E-state index >= 15 is 0 Å². The molecule has 0 saturated heterocycles. The van der Waals surface area contributed by atoms with Crippen LogP contribution in [0.15, 0.2) is 17.1 Å². The third-order valence-electron chi connectivity index (χ3n) is 2.52. The number of rotatable bonds is 7. The first-order chi connectivity index (χ1) is 9.65. The second-order valence-corrected chi connectivity index (χ2v) is 5.78. The van der Waals surface area contributed by atoms with Gasteiger partial charge in [0.15, 0.2) is 5.96 Å². The van der Waals surface area contributed by atoms with Gasteiger partial charge in [-0.15, -0.1) is 11.3 Å². The maximum absolute atomic E-state index is 11.5. The van der Waals surface area contributed by atoms with Crippen LogP contribution in [-0.2, 0) is 11.3 Å². The quantitative estimate of drug-likeness (QED) is 0.529. The molecule has 0 fully saturated rings. The SMILES string of the molecule is CCCNC(=O)CN=C(NCC)NCc1ccc(C)s1. The summed E-state index contributed by atoms with van der Waals surface area (Å²) in [6.07, 6.45) is 0.936. The Balaban J connectivity index is 2.44. The minimum absolute atomic E-state index is 0.0454. The van der Waals surface area contributed by atoms with Crippen molar-refractivity contribution in [2.75, 3.05) is 19.6 Å². The fourth-order valence-electron chi connectivity index (χ4n) is 1.56. The molecule has 1 heterocycles. The van der Waals surface area contributed by atoms with Gasteiger partial charge in [0.2, 0.25) is 5.91 Å². The molecule has 3 N–H and O–H groups in total. The van der Waals surface area contributed by atoms with Crippen molar-refractivity contribution in [3.63, 3.8) is 0 Å². The molecule has 0 bridgehead atoms. The highest BCUT2D eigenvalue weighted by atomic mass is 32.1. The van der Waals surface area contributed by atoms with Crippen molar-refractivity contribution in [2.45, 2.75) is 33.7 Å².